The molecule has 2 heterocycles. The Bertz CT molecular complexity index is 898. The van der Waals surface area contributed by atoms with Crippen molar-refractivity contribution in [1.82, 2.24) is 4.98 Å². The van der Waals surface area contributed by atoms with Crippen molar-refractivity contribution in [3.8, 4) is 5.75 Å². The molecule has 0 aliphatic carbocycles. The predicted octanol–water partition coefficient (Wildman–Crippen LogP) is 5.61. The number of halogens is 1. The SMILES string of the molecule is Cc1cc(OCc2csc(C(=O)Nc3nc(C)c(C)s3)c2)ccc1Cl. The van der Waals surface area contributed by atoms with Crippen LogP contribution >= 0.6 is 34.3 Å². The quantitative estimate of drug-likeness (QED) is 0.613. The van der Waals surface area contributed by atoms with Crippen molar-refractivity contribution in [3.05, 3.63) is 61.2 Å². The number of carbonyl (C=O) groups is 1. The van der Waals surface area contributed by atoms with Crippen LogP contribution in [0.1, 0.15) is 31.4 Å². The summed E-state index contributed by atoms with van der Waals surface area (Å²) in [6, 6.07) is 7.39. The van der Waals surface area contributed by atoms with Gasteiger partial charge in [0.2, 0.25) is 0 Å². The molecule has 25 heavy (non-hydrogen) atoms. The lowest BCUT2D eigenvalue weighted by molar-refractivity contribution is 0.103. The Morgan fingerprint density at radius 2 is 2.08 bits per heavy atom. The minimum Gasteiger partial charge on any atom is -0.489 e. The smallest absolute Gasteiger partial charge is 0.267 e. The van der Waals surface area contributed by atoms with Crippen LogP contribution in [-0.2, 0) is 6.61 Å². The van der Waals surface area contributed by atoms with Crippen LogP contribution in [0, 0.1) is 20.8 Å². The highest BCUT2D eigenvalue weighted by Gasteiger charge is 2.13. The Hall–Kier alpha value is -1.89. The summed E-state index contributed by atoms with van der Waals surface area (Å²) < 4.78 is 5.76. The van der Waals surface area contributed by atoms with Gasteiger partial charge in [0.25, 0.3) is 5.91 Å². The van der Waals surface area contributed by atoms with E-state index in [4.69, 9.17) is 16.3 Å². The Morgan fingerprint density at radius 3 is 2.76 bits per heavy atom. The number of thiophene rings is 1. The number of thiazole rings is 1. The zero-order valence-corrected chi connectivity index (χ0v) is 16.4. The lowest BCUT2D eigenvalue weighted by atomic mass is 10.2. The number of hydrogen-bond acceptors (Lipinski definition) is 5. The van der Waals surface area contributed by atoms with E-state index in [2.05, 4.69) is 10.3 Å². The molecule has 7 heteroatoms. The second kappa shape index (κ2) is 7.56. The first-order valence-electron chi connectivity index (χ1n) is 7.64. The Kier molecular flexibility index (Phi) is 5.42. The second-order valence-corrected chi connectivity index (χ2v) is 8.16. The minimum absolute atomic E-state index is 0.146. The van der Waals surface area contributed by atoms with Crippen molar-refractivity contribution >= 4 is 45.3 Å². The van der Waals surface area contributed by atoms with E-state index in [0.29, 0.717) is 16.6 Å². The zero-order valence-electron chi connectivity index (χ0n) is 14.1. The lowest BCUT2D eigenvalue weighted by Gasteiger charge is -2.06. The summed E-state index contributed by atoms with van der Waals surface area (Å²) in [5, 5.41) is 6.12. The van der Waals surface area contributed by atoms with Gasteiger partial charge in [-0.3, -0.25) is 10.1 Å². The first-order chi connectivity index (χ1) is 11.9. The van der Waals surface area contributed by atoms with Crippen LogP contribution in [0.3, 0.4) is 0 Å². The van der Waals surface area contributed by atoms with Crippen molar-refractivity contribution < 1.29 is 9.53 Å². The third-order valence-corrected chi connectivity index (χ3v) is 6.05. The molecular formula is C18H17ClN2O2S2. The maximum atomic E-state index is 12.3. The first kappa shape index (κ1) is 17.9. The van der Waals surface area contributed by atoms with Gasteiger partial charge in [0.1, 0.15) is 12.4 Å². The van der Waals surface area contributed by atoms with Crippen LogP contribution in [0.25, 0.3) is 0 Å². The normalized spacial score (nSPS) is 10.7. The van der Waals surface area contributed by atoms with E-state index in [-0.39, 0.29) is 5.91 Å². The van der Waals surface area contributed by atoms with Gasteiger partial charge in [-0.2, -0.15) is 0 Å². The van der Waals surface area contributed by atoms with Crippen LogP contribution in [0.4, 0.5) is 5.13 Å². The number of anilines is 1. The molecule has 3 aromatic rings. The summed E-state index contributed by atoms with van der Waals surface area (Å²) in [5.41, 5.74) is 2.87. The third kappa shape index (κ3) is 4.39. The number of aromatic nitrogens is 1. The topological polar surface area (TPSA) is 51.2 Å². The molecule has 4 nitrogen and oxygen atoms in total. The molecule has 0 aliphatic heterocycles. The van der Waals surface area contributed by atoms with Gasteiger partial charge in [0, 0.05) is 15.5 Å². The van der Waals surface area contributed by atoms with Crippen molar-refractivity contribution in [2.45, 2.75) is 27.4 Å². The highest BCUT2D eigenvalue weighted by atomic mass is 35.5. The number of benzene rings is 1. The Morgan fingerprint density at radius 1 is 1.28 bits per heavy atom. The molecule has 0 saturated heterocycles. The van der Waals surface area contributed by atoms with Gasteiger partial charge in [-0.15, -0.1) is 22.7 Å². The minimum atomic E-state index is -0.146. The van der Waals surface area contributed by atoms with Crippen molar-refractivity contribution in [2.75, 3.05) is 5.32 Å². The summed E-state index contributed by atoms with van der Waals surface area (Å²) in [5.74, 6) is 0.611. The average molecular weight is 393 g/mol. The number of amides is 1. The van der Waals surface area contributed by atoms with Gasteiger partial charge in [-0.05, 0) is 56.0 Å². The molecule has 0 spiro atoms. The average Bonchev–Trinajstić information content (AvgIpc) is 3.16. The predicted molar refractivity (Wildman–Crippen MR) is 104 cm³/mol. The fourth-order valence-electron chi connectivity index (χ4n) is 2.13. The molecule has 1 N–H and O–H groups in total. The molecule has 0 radical (unpaired) electrons. The lowest BCUT2D eigenvalue weighted by Crippen LogP contribution is -2.09. The molecule has 0 saturated carbocycles. The third-order valence-electron chi connectivity index (χ3n) is 3.66. The fraction of sp³-hybridized carbons (Fsp3) is 0.222. The van der Waals surface area contributed by atoms with E-state index in [1.807, 2.05) is 50.4 Å². The maximum Gasteiger partial charge on any atom is 0.267 e. The number of aryl methyl sites for hydroxylation is 3. The number of nitrogens with zero attached hydrogens (tertiary/aromatic N) is 1. The van der Waals surface area contributed by atoms with Crippen LogP contribution in [0.5, 0.6) is 5.75 Å². The summed E-state index contributed by atoms with van der Waals surface area (Å²) in [6.07, 6.45) is 0. The van der Waals surface area contributed by atoms with E-state index in [1.54, 1.807) is 0 Å². The molecule has 0 atom stereocenters. The van der Waals surface area contributed by atoms with Crippen molar-refractivity contribution in [2.24, 2.45) is 0 Å². The van der Waals surface area contributed by atoms with Gasteiger partial charge >= 0.3 is 0 Å². The first-order valence-corrected chi connectivity index (χ1v) is 9.71. The molecule has 0 bridgehead atoms. The molecule has 3 rings (SSSR count). The summed E-state index contributed by atoms with van der Waals surface area (Å²) in [7, 11) is 0. The maximum absolute atomic E-state index is 12.3. The summed E-state index contributed by atoms with van der Waals surface area (Å²) in [4.78, 5) is 18.4. The van der Waals surface area contributed by atoms with Crippen LogP contribution in [-0.4, -0.2) is 10.9 Å². The molecule has 130 valence electrons. The molecule has 0 fully saturated rings. The highest BCUT2D eigenvalue weighted by molar-refractivity contribution is 7.16. The van der Waals surface area contributed by atoms with E-state index in [1.165, 1.54) is 22.7 Å². The Balaban J connectivity index is 1.61. The van der Waals surface area contributed by atoms with E-state index >= 15 is 0 Å². The fourth-order valence-corrected chi connectivity index (χ4v) is 3.85. The summed E-state index contributed by atoms with van der Waals surface area (Å²) >= 11 is 8.88. The van der Waals surface area contributed by atoms with Crippen molar-refractivity contribution in [1.29, 1.82) is 0 Å². The monoisotopic (exact) mass is 392 g/mol. The van der Waals surface area contributed by atoms with E-state index in [9.17, 15) is 4.79 Å². The van der Waals surface area contributed by atoms with Gasteiger partial charge in [0.15, 0.2) is 5.13 Å². The van der Waals surface area contributed by atoms with Gasteiger partial charge in [0.05, 0.1) is 10.6 Å². The molecular weight excluding hydrogens is 376 g/mol. The van der Waals surface area contributed by atoms with E-state index in [0.717, 1.165) is 32.5 Å². The number of hydrogen-bond donors (Lipinski definition) is 1. The molecule has 1 aromatic carbocycles. The van der Waals surface area contributed by atoms with Crippen molar-refractivity contribution in [3.63, 3.8) is 0 Å². The molecule has 1 amide bonds. The zero-order chi connectivity index (χ0) is 18.0. The Labute approximate surface area is 159 Å². The second-order valence-electron chi connectivity index (χ2n) is 5.63. The number of carbonyl (C=O) groups excluding carboxylic acids is 1. The number of ether oxygens (including phenoxy) is 1. The largest absolute Gasteiger partial charge is 0.489 e. The highest BCUT2D eigenvalue weighted by Crippen LogP contribution is 2.25. The standard InChI is InChI=1S/C18H17ClN2O2S2/c1-10-6-14(4-5-15(10)19)23-8-13-7-16(24-9-13)17(22)21-18-20-11(2)12(3)25-18/h4-7,9H,8H2,1-3H3,(H,20,21,22). The molecule has 0 aliphatic rings. The molecule has 0 unspecified atom stereocenters. The summed E-state index contributed by atoms with van der Waals surface area (Å²) in [6.45, 7) is 6.26. The van der Waals surface area contributed by atoms with Gasteiger partial charge in [-0.1, -0.05) is 11.6 Å². The van der Waals surface area contributed by atoms with Gasteiger partial charge < -0.3 is 4.74 Å². The van der Waals surface area contributed by atoms with Crippen LogP contribution in [0.15, 0.2) is 29.6 Å². The number of nitrogens with one attached hydrogen (secondary N) is 1. The van der Waals surface area contributed by atoms with E-state index < -0.39 is 0 Å². The molecule has 2 aromatic heterocycles. The van der Waals surface area contributed by atoms with Crippen LogP contribution in [0.2, 0.25) is 5.02 Å². The van der Waals surface area contributed by atoms with Crippen LogP contribution < -0.4 is 10.1 Å². The number of rotatable bonds is 5. The van der Waals surface area contributed by atoms with Gasteiger partial charge in [-0.25, -0.2) is 4.98 Å².